The molecule has 64 valence electrons. The summed E-state index contributed by atoms with van der Waals surface area (Å²) in [6.45, 7) is 0.326. The lowest BCUT2D eigenvalue weighted by molar-refractivity contribution is 0.333. The Labute approximate surface area is 74.1 Å². The van der Waals surface area contributed by atoms with E-state index in [1.165, 1.54) is 6.07 Å². The van der Waals surface area contributed by atoms with Crippen molar-refractivity contribution in [1.29, 1.82) is 0 Å². The molecule has 2 N–H and O–H groups in total. The Morgan fingerprint density at radius 2 is 2.33 bits per heavy atom. The maximum Gasteiger partial charge on any atom is 0.133 e. The molecule has 0 bridgehead atoms. The average Bonchev–Trinajstić information content (AvgIpc) is 2.31. The van der Waals surface area contributed by atoms with Gasteiger partial charge in [-0.1, -0.05) is 11.6 Å². The summed E-state index contributed by atoms with van der Waals surface area (Å²) < 4.78 is 18.3. The number of rotatable bonds is 0. The maximum absolute atomic E-state index is 13.2. The number of ether oxygens (including phenoxy) is 1. The Morgan fingerprint density at radius 3 is 3.08 bits per heavy atom. The van der Waals surface area contributed by atoms with E-state index in [4.69, 9.17) is 22.1 Å². The molecule has 1 aromatic rings. The first-order valence-electron chi connectivity index (χ1n) is 3.56. The predicted molar refractivity (Wildman–Crippen MR) is 43.8 cm³/mol. The first-order chi connectivity index (χ1) is 5.68. The number of hydrogen-bond acceptors (Lipinski definition) is 2. The molecule has 0 amide bonds. The van der Waals surface area contributed by atoms with Gasteiger partial charge in [-0.05, 0) is 12.1 Å². The molecule has 1 unspecified atom stereocenters. The van der Waals surface area contributed by atoms with E-state index in [9.17, 15) is 4.39 Å². The van der Waals surface area contributed by atoms with E-state index in [2.05, 4.69) is 0 Å². The molecule has 0 fully saturated rings. The van der Waals surface area contributed by atoms with E-state index in [0.717, 1.165) is 0 Å². The molecular weight excluding hydrogens is 181 g/mol. The minimum absolute atomic E-state index is 0.326. The van der Waals surface area contributed by atoms with Gasteiger partial charge in [-0.25, -0.2) is 4.39 Å². The lowest BCUT2D eigenvalue weighted by Gasteiger charge is -2.02. The van der Waals surface area contributed by atoms with Crippen molar-refractivity contribution in [1.82, 2.24) is 0 Å². The zero-order valence-electron chi connectivity index (χ0n) is 6.18. The van der Waals surface area contributed by atoms with Crippen molar-refractivity contribution in [2.24, 2.45) is 5.73 Å². The van der Waals surface area contributed by atoms with Gasteiger partial charge in [-0.3, -0.25) is 0 Å². The van der Waals surface area contributed by atoms with E-state index in [1.807, 2.05) is 0 Å². The van der Waals surface area contributed by atoms with Crippen LogP contribution < -0.4 is 10.5 Å². The summed E-state index contributed by atoms with van der Waals surface area (Å²) in [5.41, 5.74) is 6.02. The molecule has 2 nitrogen and oxygen atoms in total. The zero-order valence-corrected chi connectivity index (χ0v) is 6.94. The Morgan fingerprint density at radius 1 is 1.58 bits per heavy atom. The van der Waals surface area contributed by atoms with Crippen LogP contribution in [0.25, 0.3) is 0 Å². The van der Waals surface area contributed by atoms with E-state index in [0.29, 0.717) is 22.9 Å². The van der Waals surface area contributed by atoms with Crippen LogP contribution in [0.1, 0.15) is 11.6 Å². The fourth-order valence-corrected chi connectivity index (χ4v) is 1.50. The van der Waals surface area contributed by atoms with Crippen molar-refractivity contribution >= 4 is 11.6 Å². The molecule has 1 heterocycles. The van der Waals surface area contributed by atoms with E-state index in [1.54, 1.807) is 6.07 Å². The van der Waals surface area contributed by atoms with Gasteiger partial charge in [0.15, 0.2) is 0 Å². The zero-order chi connectivity index (χ0) is 8.72. The minimum atomic E-state index is -0.387. The molecule has 12 heavy (non-hydrogen) atoms. The Balaban J connectivity index is 2.60. The van der Waals surface area contributed by atoms with E-state index in [-0.39, 0.29) is 11.9 Å². The van der Waals surface area contributed by atoms with Crippen LogP contribution in [0.3, 0.4) is 0 Å². The summed E-state index contributed by atoms with van der Waals surface area (Å²) >= 11 is 5.62. The van der Waals surface area contributed by atoms with Crippen LogP contribution in [-0.2, 0) is 0 Å². The lowest BCUT2D eigenvalue weighted by atomic mass is 10.1. The molecule has 2 rings (SSSR count). The average molecular weight is 188 g/mol. The fourth-order valence-electron chi connectivity index (χ4n) is 1.30. The van der Waals surface area contributed by atoms with Crippen LogP contribution in [0.4, 0.5) is 4.39 Å². The van der Waals surface area contributed by atoms with Gasteiger partial charge in [-0.2, -0.15) is 0 Å². The molecular formula is C8H7ClFNO. The summed E-state index contributed by atoms with van der Waals surface area (Å²) in [6.07, 6.45) is 0. The lowest BCUT2D eigenvalue weighted by Crippen LogP contribution is -2.12. The van der Waals surface area contributed by atoms with E-state index >= 15 is 0 Å². The summed E-state index contributed by atoms with van der Waals surface area (Å²) in [7, 11) is 0. The van der Waals surface area contributed by atoms with Crippen LogP contribution in [-0.4, -0.2) is 6.61 Å². The Bertz CT molecular complexity index is 329. The normalized spacial score (nSPS) is 20.4. The molecule has 0 saturated carbocycles. The SMILES string of the molecule is NC1COc2cc(Cl)cc(F)c21. The predicted octanol–water partition coefficient (Wildman–Crippen LogP) is 1.87. The monoisotopic (exact) mass is 187 g/mol. The molecule has 0 aromatic heterocycles. The van der Waals surface area contributed by atoms with Crippen molar-refractivity contribution in [3.63, 3.8) is 0 Å². The van der Waals surface area contributed by atoms with Crippen molar-refractivity contribution < 1.29 is 9.13 Å². The number of nitrogens with two attached hydrogens (primary N) is 1. The third kappa shape index (κ3) is 1.06. The summed E-state index contributed by atoms with van der Waals surface area (Å²) in [5, 5.41) is 0.334. The van der Waals surface area contributed by atoms with Gasteiger partial charge in [0.05, 0.1) is 11.6 Å². The van der Waals surface area contributed by atoms with Gasteiger partial charge >= 0.3 is 0 Å². The van der Waals surface area contributed by atoms with Crippen molar-refractivity contribution in [3.8, 4) is 5.75 Å². The van der Waals surface area contributed by atoms with Gasteiger partial charge in [0.25, 0.3) is 0 Å². The molecule has 4 heteroatoms. The van der Waals surface area contributed by atoms with Gasteiger partial charge in [0, 0.05) is 5.02 Å². The van der Waals surface area contributed by atoms with Crippen LogP contribution in [0, 0.1) is 5.82 Å². The third-order valence-corrected chi connectivity index (χ3v) is 2.06. The quantitative estimate of drug-likeness (QED) is 0.673. The molecule has 1 aliphatic rings. The smallest absolute Gasteiger partial charge is 0.133 e. The van der Waals surface area contributed by atoms with Crippen LogP contribution in [0.5, 0.6) is 5.75 Å². The molecule has 0 radical (unpaired) electrons. The van der Waals surface area contributed by atoms with Crippen LogP contribution in [0.2, 0.25) is 5.02 Å². The number of fused-ring (bicyclic) bond motifs is 1. The number of hydrogen-bond donors (Lipinski definition) is 1. The highest BCUT2D eigenvalue weighted by atomic mass is 35.5. The highest BCUT2D eigenvalue weighted by molar-refractivity contribution is 6.30. The van der Waals surface area contributed by atoms with Gasteiger partial charge in [0.1, 0.15) is 18.2 Å². The third-order valence-electron chi connectivity index (χ3n) is 1.85. The Hall–Kier alpha value is -0.800. The van der Waals surface area contributed by atoms with Gasteiger partial charge in [0.2, 0.25) is 0 Å². The number of benzene rings is 1. The fraction of sp³-hybridized carbons (Fsp3) is 0.250. The van der Waals surface area contributed by atoms with E-state index < -0.39 is 0 Å². The minimum Gasteiger partial charge on any atom is -0.491 e. The largest absolute Gasteiger partial charge is 0.491 e. The topological polar surface area (TPSA) is 35.2 Å². The van der Waals surface area contributed by atoms with Crippen LogP contribution in [0.15, 0.2) is 12.1 Å². The highest BCUT2D eigenvalue weighted by Crippen LogP contribution is 2.35. The molecule has 1 aliphatic heterocycles. The van der Waals surface area contributed by atoms with Crippen LogP contribution >= 0.6 is 11.6 Å². The highest BCUT2D eigenvalue weighted by Gasteiger charge is 2.24. The summed E-state index contributed by atoms with van der Waals surface area (Å²) in [5.74, 6) is 0.0787. The molecule has 0 spiro atoms. The standard InChI is InChI=1S/C8H7ClFNO/c9-4-1-5(10)8-6(11)3-12-7(8)2-4/h1-2,6H,3,11H2. The maximum atomic E-state index is 13.2. The van der Waals surface area contributed by atoms with Gasteiger partial charge < -0.3 is 10.5 Å². The summed E-state index contributed by atoms with van der Waals surface area (Å²) in [4.78, 5) is 0. The number of halogens is 2. The van der Waals surface area contributed by atoms with Gasteiger partial charge in [-0.15, -0.1) is 0 Å². The second-order valence-corrected chi connectivity index (χ2v) is 3.15. The second kappa shape index (κ2) is 2.61. The van der Waals surface area contributed by atoms with Crippen molar-refractivity contribution in [2.75, 3.05) is 6.61 Å². The van der Waals surface area contributed by atoms with Crippen molar-refractivity contribution in [2.45, 2.75) is 6.04 Å². The first-order valence-corrected chi connectivity index (χ1v) is 3.93. The molecule has 0 aliphatic carbocycles. The molecule has 0 saturated heterocycles. The molecule has 1 aromatic carbocycles. The first kappa shape index (κ1) is 7.83. The molecule has 1 atom stereocenters. The van der Waals surface area contributed by atoms with Crippen molar-refractivity contribution in [3.05, 3.63) is 28.5 Å². The Kier molecular flexibility index (Phi) is 1.70. The second-order valence-electron chi connectivity index (χ2n) is 2.72. The summed E-state index contributed by atoms with van der Waals surface area (Å²) in [6, 6.07) is 2.46.